The topological polar surface area (TPSA) is 38.3 Å². The van der Waals surface area contributed by atoms with E-state index in [1.165, 1.54) is 0 Å². The molecule has 0 aliphatic rings. The maximum absolute atomic E-state index is 11.5. The van der Waals surface area contributed by atoms with Crippen LogP contribution in [0.3, 0.4) is 0 Å². The lowest BCUT2D eigenvalue weighted by Crippen LogP contribution is -2.36. The van der Waals surface area contributed by atoms with E-state index in [9.17, 15) is 4.79 Å². The lowest BCUT2D eigenvalue weighted by Gasteiger charge is -2.31. The molecule has 0 fully saturated rings. The number of carbonyl (C=O) groups is 1. The molecule has 0 saturated heterocycles. The summed E-state index contributed by atoms with van der Waals surface area (Å²) in [6.45, 7) is 8.47. The predicted octanol–water partition coefficient (Wildman–Crippen LogP) is 3.52. The first kappa shape index (κ1) is 13.6. The minimum absolute atomic E-state index is 0.0530. The van der Waals surface area contributed by atoms with Gasteiger partial charge in [0.15, 0.2) is 0 Å². The van der Waals surface area contributed by atoms with Crippen molar-refractivity contribution < 1.29 is 9.53 Å². The van der Waals surface area contributed by atoms with Crippen molar-refractivity contribution >= 4 is 6.09 Å². The van der Waals surface area contributed by atoms with Crippen LogP contribution in [-0.2, 0) is 4.74 Å². The van der Waals surface area contributed by atoms with Gasteiger partial charge in [0.2, 0.25) is 0 Å². The highest BCUT2D eigenvalue weighted by Crippen LogP contribution is 2.32. The Bertz CT molecular complexity index is 354. The third kappa shape index (κ3) is 4.10. The molecule has 1 aromatic rings. The zero-order chi connectivity index (χ0) is 12.9. The normalized spacial score (nSPS) is 12.9. The SMILES string of the molecule is CCOC(=O)NC(c1ccccc1)C(C)(C)C. The van der Waals surface area contributed by atoms with Crippen LogP contribution in [0.5, 0.6) is 0 Å². The van der Waals surface area contributed by atoms with Gasteiger partial charge >= 0.3 is 6.09 Å². The van der Waals surface area contributed by atoms with Gasteiger partial charge in [-0.3, -0.25) is 0 Å². The van der Waals surface area contributed by atoms with E-state index < -0.39 is 0 Å². The summed E-state index contributed by atoms with van der Waals surface area (Å²) < 4.78 is 4.94. The maximum Gasteiger partial charge on any atom is 0.407 e. The summed E-state index contributed by atoms with van der Waals surface area (Å²) in [4.78, 5) is 11.5. The molecule has 1 N–H and O–H groups in total. The van der Waals surface area contributed by atoms with Crippen LogP contribution in [0.1, 0.15) is 39.3 Å². The Hall–Kier alpha value is -1.51. The molecule has 0 bridgehead atoms. The van der Waals surface area contributed by atoms with Crippen LogP contribution in [0.4, 0.5) is 4.79 Å². The number of amides is 1. The number of alkyl carbamates (subject to hydrolysis) is 1. The van der Waals surface area contributed by atoms with Crippen LogP contribution in [0.25, 0.3) is 0 Å². The minimum Gasteiger partial charge on any atom is -0.450 e. The van der Waals surface area contributed by atoms with E-state index in [-0.39, 0.29) is 17.6 Å². The van der Waals surface area contributed by atoms with Gasteiger partial charge in [-0.05, 0) is 17.9 Å². The third-order valence-corrected chi connectivity index (χ3v) is 2.54. The summed E-state index contributed by atoms with van der Waals surface area (Å²) in [5.41, 5.74) is 1.03. The molecule has 3 nitrogen and oxygen atoms in total. The number of ether oxygens (including phenoxy) is 1. The number of benzene rings is 1. The van der Waals surface area contributed by atoms with Gasteiger partial charge in [0.25, 0.3) is 0 Å². The fraction of sp³-hybridized carbons (Fsp3) is 0.500. The predicted molar refractivity (Wildman–Crippen MR) is 68.8 cm³/mol. The summed E-state index contributed by atoms with van der Waals surface area (Å²) in [5.74, 6) is 0. The van der Waals surface area contributed by atoms with E-state index >= 15 is 0 Å². The van der Waals surface area contributed by atoms with Crippen LogP contribution >= 0.6 is 0 Å². The molecule has 1 rings (SSSR count). The van der Waals surface area contributed by atoms with Crippen LogP contribution in [0, 0.1) is 5.41 Å². The first-order chi connectivity index (χ1) is 7.95. The molecule has 0 aliphatic heterocycles. The second-order valence-electron chi connectivity index (χ2n) is 5.07. The fourth-order valence-electron chi connectivity index (χ4n) is 1.74. The van der Waals surface area contributed by atoms with Gasteiger partial charge in [0, 0.05) is 0 Å². The molecule has 0 heterocycles. The number of nitrogens with one attached hydrogen (secondary N) is 1. The Balaban J connectivity index is 2.87. The Morgan fingerprint density at radius 1 is 1.29 bits per heavy atom. The van der Waals surface area contributed by atoms with Gasteiger partial charge in [-0.1, -0.05) is 51.1 Å². The minimum atomic E-state index is -0.365. The zero-order valence-electron chi connectivity index (χ0n) is 11.0. The van der Waals surface area contributed by atoms with Gasteiger partial charge in [-0.25, -0.2) is 4.79 Å². The van der Waals surface area contributed by atoms with E-state index in [1.54, 1.807) is 6.92 Å². The smallest absolute Gasteiger partial charge is 0.407 e. The molecular weight excluding hydrogens is 214 g/mol. The summed E-state index contributed by atoms with van der Waals surface area (Å²) in [5, 5.41) is 2.91. The monoisotopic (exact) mass is 235 g/mol. The van der Waals surface area contributed by atoms with Crippen molar-refractivity contribution in [2.24, 2.45) is 5.41 Å². The van der Waals surface area contributed by atoms with Gasteiger partial charge in [0.05, 0.1) is 12.6 Å². The molecule has 17 heavy (non-hydrogen) atoms. The number of carbonyl (C=O) groups excluding carboxylic acids is 1. The van der Waals surface area contributed by atoms with Crippen LogP contribution in [-0.4, -0.2) is 12.7 Å². The summed E-state index contributed by atoms with van der Waals surface area (Å²) in [6.07, 6.45) is -0.365. The molecule has 0 aliphatic carbocycles. The first-order valence-corrected chi connectivity index (χ1v) is 5.93. The third-order valence-electron chi connectivity index (χ3n) is 2.54. The maximum atomic E-state index is 11.5. The van der Waals surface area contributed by atoms with Crippen LogP contribution < -0.4 is 5.32 Å². The highest BCUT2D eigenvalue weighted by Gasteiger charge is 2.27. The lowest BCUT2D eigenvalue weighted by atomic mass is 9.82. The molecule has 3 heteroatoms. The van der Waals surface area contributed by atoms with E-state index in [1.807, 2.05) is 30.3 Å². The van der Waals surface area contributed by atoms with Crippen LogP contribution in [0.15, 0.2) is 30.3 Å². The van der Waals surface area contributed by atoms with Crippen molar-refractivity contribution in [3.8, 4) is 0 Å². The van der Waals surface area contributed by atoms with Crippen molar-refractivity contribution in [2.45, 2.75) is 33.7 Å². The Morgan fingerprint density at radius 3 is 2.35 bits per heavy atom. The van der Waals surface area contributed by atoms with Gasteiger partial charge in [-0.2, -0.15) is 0 Å². The van der Waals surface area contributed by atoms with Gasteiger partial charge in [-0.15, -0.1) is 0 Å². The van der Waals surface area contributed by atoms with Gasteiger partial charge in [0.1, 0.15) is 0 Å². The van der Waals surface area contributed by atoms with Crippen molar-refractivity contribution in [1.82, 2.24) is 5.32 Å². The molecule has 1 amide bonds. The van der Waals surface area contributed by atoms with Crippen molar-refractivity contribution in [1.29, 1.82) is 0 Å². The molecule has 94 valence electrons. The Labute approximate surface area is 103 Å². The highest BCUT2D eigenvalue weighted by molar-refractivity contribution is 5.68. The number of hydrogen-bond acceptors (Lipinski definition) is 2. The molecule has 1 aromatic carbocycles. The van der Waals surface area contributed by atoms with Crippen molar-refractivity contribution in [2.75, 3.05) is 6.61 Å². The first-order valence-electron chi connectivity index (χ1n) is 5.93. The number of rotatable bonds is 3. The molecule has 0 aromatic heterocycles. The molecule has 0 saturated carbocycles. The zero-order valence-corrected chi connectivity index (χ0v) is 11.0. The van der Waals surface area contributed by atoms with Crippen molar-refractivity contribution in [3.05, 3.63) is 35.9 Å². The second kappa shape index (κ2) is 5.71. The van der Waals surface area contributed by atoms with E-state index in [2.05, 4.69) is 26.1 Å². The molecule has 0 spiro atoms. The largest absolute Gasteiger partial charge is 0.450 e. The quantitative estimate of drug-likeness (QED) is 0.870. The summed E-state index contributed by atoms with van der Waals surface area (Å²) in [6, 6.07) is 9.89. The number of hydrogen-bond donors (Lipinski definition) is 1. The highest BCUT2D eigenvalue weighted by atomic mass is 16.5. The average molecular weight is 235 g/mol. The van der Waals surface area contributed by atoms with E-state index in [0.29, 0.717) is 6.61 Å². The van der Waals surface area contributed by atoms with Crippen molar-refractivity contribution in [3.63, 3.8) is 0 Å². The second-order valence-corrected chi connectivity index (χ2v) is 5.07. The summed E-state index contributed by atoms with van der Waals surface area (Å²) in [7, 11) is 0. The summed E-state index contributed by atoms with van der Waals surface area (Å²) >= 11 is 0. The average Bonchev–Trinajstić information content (AvgIpc) is 2.26. The Kier molecular flexibility index (Phi) is 4.55. The fourth-order valence-corrected chi connectivity index (χ4v) is 1.74. The molecule has 0 radical (unpaired) electrons. The molecular formula is C14H21NO2. The van der Waals surface area contributed by atoms with Crippen LogP contribution in [0.2, 0.25) is 0 Å². The standard InChI is InChI=1S/C14H21NO2/c1-5-17-13(16)15-12(14(2,3)4)11-9-7-6-8-10-11/h6-10,12H,5H2,1-4H3,(H,15,16). The molecule has 1 unspecified atom stereocenters. The lowest BCUT2D eigenvalue weighted by molar-refractivity contribution is 0.137. The van der Waals surface area contributed by atoms with E-state index in [0.717, 1.165) is 5.56 Å². The van der Waals surface area contributed by atoms with Gasteiger partial charge < -0.3 is 10.1 Å². The Morgan fingerprint density at radius 2 is 1.88 bits per heavy atom. The molecule has 1 atom stereocenters. The van der Waals surface area contributed by atoms with E-state index in [4.69, 9.17) is 4.74 Å².